The van der Waals surface area contributed by atoms with Crippen LogP contribution >= 0.6 is 11.3 Å². The number of carbonyl (C=O) groups is 1. The Labute approximate surface area is 147 Å². The molecule has 132 valence electrons. The lowest BCUT2D eigenvalue weighted by molar-refractivity contribution is -0.0926. The van der Waals surface area contributed by atoms with Gasteiger partial charge in [-0.25, -0.2) is 4.79 Å². The predicted molar refractivity (Wildman–Crippen MR) is 93.1 cm³/mol. The molecule has 0 saturated carbocycles. The minimum atomic E-state index is -0.637. The summed E-state index contributed by atoms with van der Waals surface area (Å²) in [6.45, 7) is 1.76. The molecule has 0 aliphatic carbocycles. The van der Waals surface area contributed by atoms with Crippen molar-refractivity contribution in [2.24, 2.45) is 7.05 Å². The molecule has 1 N–H and O–H groups in total. The van der Waals surface area contributed by atoms with Gasteiger partial charge in [0, 0.05) is 37.6 Å². The number of H-pyrrole nitrogens is 1. The number of thiophene rings is 1. The maximum absolute atomic E-state index is 12.7. The highest BCUT2D eigenvalue weighted by atomic mass is 32.1. The molecule has 1 fully saturated rings. The average Bonchev–Trinajstić information content (AvgIpc) is 3.09. The van der Waals surface area contributed by atoms with Crippen LogP contribution in [0.5, 0.6) is 0 Å². The first-order valence-corrected chi connectivity index (χ1v) is 9.18. The van der Waals surface area contributed by atoms with Crippen LogP contribution in [0.4, 0.5) is 0 Å². The first-order chi connectivity index (χ1) is 12.0. The van der Waals surface area contributed by atoms with Crippen LogP contribution in [0.25, 0.3) is 0 Å². The lowest BCUT2D eigenvalue weighted by Crippen LogP contribution is -2.49. The Balaban J connectivity index is 1.55. The third-order valence-corrected chi connectivity index (χ3v) is 6.12. The molecule has 2 aliphatic heterocycles. The number of rotatable bonds is 1. The Bertz CT molecular complexity index is 934. The number of hydrogen-bond acceptors (Lipinski definition) is 5. The summed E-state index contributed by atoms with van der Waals surface area (Å²) in [5, 5.41) is 2.10. The zero-order chi connectivity index (χ0) is 17.6. The van der Waals surface area contributed by atoms with Gasteiger partial charge in [-0.2, -0.15) is 0 Å². The van der Waals surface area contributed by atoms with Crippen molar-refractivity contribution in [3.05, 3.63) is 54.5 Å². The van der Waals surface area contributed by atoms with Crippen molar-refractivity contribution in [3.8, 4) is 0 Å². The van der Waals surface area contributed by atoms with Crippen molar-refractivity contribution in [2.45, 2.75) is 24.9 Å². The smallest absolute Gasteiger partial charge is 0.328 e. The molecule has 1 saturated heterocycles. The van der Waals surface area contributed by atoms with Crippen LogP contribution < -0.4 is 11.2 Å². The first-order valence-electron chi connectivity index (χ1n) is 8.30. The fourth-order valence-corrected chi connectivity index (χ4v) is 4.68. The molecule has 25 heavy (non-hydrogen) atoms. The van der Waals surface area contributed by atoms with Crippen LogP contribution in [-0.2, 0) is 23.8 Å². The minimum absolute atomic E-state index is 0.00108. The monoisotopic (exact) mass is 361 g/mol. The SMILES string of the molecule is Cn1cc(C(=O)N2CCC3(CC2)OCCc2sccc23)c(=O)[nH]c1=O. The zero-order valence-corrected chi connectivity index (χ0v) is 14.7. The Morgan fingerprint density at radius 3 is 2.84 bits per heavy atom. The number of amides is 1. The highest BCUT2D eigenvalue weighted by Crippen LogP contribution is 2.43. The summed E-state index contributed by atoms with van der Waals surface area (Å²) in [7, 11) is 1.51. The lowest BCUT2D eigenvalue weighted by Gasteiger charge is -2.44. The average molecular weight is 361 g/mol. The summed E-state index contributed by atoms with van der Waals surface area (Å²) in [5.41, 5.74) is -0.211. The van der Waals surface area contributed by atoms with Gasteiger partial charge in [0.15, 0.2) is 0 Å². The molecule has 2 aliphatic rings. The second-order valence-corrected chi connectivity index (χ2v) is 7.56. The van der Waals surface area contributed by atoms with Crippen molar-refractivity contribution in [1.29, 1.82) is 0 Å². The van der Waals surface area contributed by atoms with Gasteiger partial charge in [0.25, 0.3) is 11.5 Å². The number of nitrogens with zero attached hydrogens (tertiary/aromatic N) is 2. The summed E-state index contributed by atoms with van der Waals surface area (Å²) in [6.07, 6.45) is 3.69. The molecule has 0 radical (unpaired) electrons. The van der Waals surface area contributed by atoms with Gasteiger partial charge in [0.05, 0.1) is 12.2 Å². The Kier molecular flexibility index (Phi) is 3.88. The van der Waals surface area contributed by atoms with E-state index >= 15 is 0 Å². The zero-order valence-electron chi connectivity index (χ0n) is 13.9. The number of fused-ring (bicyclic) bond motifs is 2. The van der Waals surface area contributed by atoms with E-state index in [0.29, 0.717) is 32.5 Å². The van der Waals surface area contributed by atoms with Gasteiger partial charge in [-0.05, 0) is 29.9 Å². The number of carbonyl (C=O) groups excluding carboxylic acids is 1. The number of aromatic nitrogens is 2. The lowest BCUT2D eigenvalue weighted by atomic mass is 9.82. The van der Waals surface area contributed by atoms with Crippen molar-refractivity contribution in [2.75, 3.05) is 19.7 Å². The molecule has 1 spiro atoms. The second-order valence-electron chi connectivity index (χ2n) is 6.56. The number of hydrogen-bond donors (Lipinski definition) is 1. The van der Waals surface area contributed by atoms with E-state index in [1.54, 1.807) is 16.2 Å². The largest absolute Gasteiger partial charge is 0.370 e. The number of ether oxygens (including phenoxy) is 1. The van der Waals surface area contributed by atoms with Crippen LogP contribution in [-0.4, -0.2) is 40.1 Å². The standard InChI is InChI=1S/C17H19N3O4S/c1-19-10-11(14(21)18-16(19)23)15(22)20-6-4-17(5-7-20)12-3-9-25-13(12)2-8-24-17/h3,9-10H,2,4-8H2,1H3,(H,18,21,23). The van der Waals surface area contributed by atoms with Gasteiger partial charge in [-0.1, -0.05) is 0 Å². The van der Waals surface area contributed by atoms with Gasteiger partial charge in [-0.15, -0.1) is 11.3 Å². The highest BCUT2D eigenvalue weighted by Gasteiger charge is 2.42. The maximum atomic E-state index is 12.7. The number of piperidine rings is 1. The van der Waals surface area contributed by atoms with Gasteiger partial charge >= 0.3 is 5.69 Å². The van der Waals surface area contributed by atoms with Crippen molar-refractivity contribution in [1.82, 2.24) is 14.5 Å². The summed E-state index contributed by atoms with van der Waals surface area (Å²) in [4.78, 5) is 41.3. The van der Waals surface area contributed by atoms with Gasteiger partial charge in [0.1, 0.15) is 5.56 Å². The number of likely N-dealkylation sites (tertiary alicyclic amines) is 1. The highest BCUT2D eigenvalue weighted by molar-refractivity contribution is 7.10. The Morgan fingerprint density at radius 2 is 2.08 bits per heavy atom. The van der Waals surface area contributed by atoms with E-state index in [-0.39, 0.29) is 17.1 Å². The molecule has 0 bridgehead atoms. The first kappa shape index (κ1) is 16.3. The number of nitrogens with one attached hydrogen (secondary N) is 1. The quantitative estimate of drug-likeness (QED) is 0.816. The van der Waals surface area contributed by atoms with E-state index < -0.39 is 11.2 Å². The van der Waals surface area contributed by atoms with E-state index in [1.165, 1.54) is 28.3 Å². The second kappa shape index (κ2) is 5.96. The normalized spacial score (nSPS) is 19.0. The molecular formula is C17H19N3O4S. The topological polar surface area (TPSA) is 84.4 Å². The molecule has 0 aromatic carbocycles. The van der Waals surface area contributed by atoms with Crippen molar-refractivity contribution >= 4 is 17.2 Å². The third kappa shape index (κ3) is 2.65. The van der Waals surface area contributed by atoms with E-state index in [1.807, 2.05) is 0 Å². The van der Waals surface area contributed by atoms with E-state index in [4.69, 9.17) is 4.74 Å². The van der Waals surface area contributed by atoms with Gasteiger partial charge < -0.3 is 14.2 Å². The molecule has 0 atom stereocenters. The van der Waals surface area contributed by atoms with Crippen LogP contribution in [0, 0.1) is 0 Å². The van der Waals surface area contributed by atoms with Crippen molar-refractivity contribution < 1.29 is 9.53 Å². The van der Waals surface area contributed by atoms with E-state index in [2.05, 4.69) is 16.4 Å². The van der Waals surface area contributed by atoms with Crippen LogP contribution in [0.3, 0.4) is 0 Å². The molecule has 4 heterocycles. The van der Waals surface area contributed by atoms with Crippen LogP contribution in [0.15, 0.2) is 27.2 Å². The summed E-state index contributed by atoms with van der Waals surface area (Å²) >= 11 is 1.76. The molecule has 0 unspecified atom stereocenters. The molecule has 4 rings (SSSR count). The van der Waals surface area contributed by atoms with E-state index in [0.717, 1.165) is 6.42 Å². The molecule has 1 amide bonds. The summed E-state index contributed by atoms with van der Waals surface area (Å²) < 4.78 is 7.35. The fraction of sp³-hybridized carbons (Fsp3) is 0.471. The van der Waals surface area contributed by atoms with Gasteiger partial charge in [0.2, 0.25) is 0 Å². The van der Waals surface area contributed by atoms with Crippen molar-refractivity contribution in [3.63, 3.8) is 0 Å². The Hall–Kier alpha value is -2.19. The molecule has 2 aromatic heterocycles. The maximum Gasteiger partial charge on any atom is 0.328 e. The third-order valence-electron chi connectivity index (χ3n) is 5.14. The predicted octanol–water partition coefficient (Wildman–Crippen LogP) is 0.839. The molecule has 7 nitrogen and oxygen atoms in total. The van der Waals surface area contributed by atoms with Crippen LogP contribution in [0.2, 0.25) is 0 Å². The Morgan fingerprint density at radius 1 is 1.32 bits per heavy atom. The summed E-state index contributed by atoms with van der Waals surface area (Å²) in [5.74, 6) is -0.340. The molecule has 2 aromatic rings. The number of aryl methyl sites for hydroxylation is 1. The minimum Gasteiger partial charge on any atom is -0.370 e. The number of aromatic amines is 1. The molecular weight excluding hydrogens is 342 g/mol. The fourth-order valence-electron chi connectivity index (χ4n) is 3.73. The molecule has 8 heteroatoms. The van der Waals surface area contributed by atoms with E-state index in [9.17, 15) is 14.4 Å². The van der Waals surface area contributed by atoms with Crippen LogP contribution in [0.1, 0.15) is 33.6 Å². The van der Waals surface area contributed by atoms with Gasteiger partial charge in [-0.3, -0.25) is 14.6 Å². The summed E-state index contributed by atoms with van der Waals surface area (Å²) in [6, 6.07) is 2.13.